The Labute approximate surface area is 109 Å². The van der Waals surface area contributed by atoms with Crippen LogP contribution in [0.1, 0.15) is 0 Å². The van der Waals surface area contributed by atoms with Crippen LogP contribution in [0, 0.1) is 0 Å². The quantitative estimate of drug-likeness (QED) is 0.718. The molecule has 7 heteroatoms. The van der Waals surface area contributed by atoms with Crippen LogP contribution in [-0.2, 0) is 9.59 Å². The van der Waals surface area contributed by atoms with Crippen LogP contribution in [0.2, 0.25) is 5.02 Å². The van der Waals surface area contributed by atoms with Crippen molar-refractivity contribution in [2.24, 2.45) is 0 Å². The minimum Gasteiger partial charge on any atom is -0.495 e. The number of halogens is 1. The lowest BCUT2D eigenvalue weighted by molar-refractivity contribution is -0.135. The lowest BCUT2D eigenvalue weighted by Gasteiger charge is -2.10. The van der Waals surface area contributed by atoms with Gasteiger partial charge in [-0.1, -0.05) is 11.6 Å². The molecule has 6 nitrogen and oxygen atoms in total. The Morgan fingerprint density at radius 3 is 2.72 bits per heavy atom. The van der Waals surface area contributed by atoms with Crippen LogP contribution in [0.3, 0.4) is 0 Å². The summed E-state index contributed by atoms with van der Waals surface area (Å²) in [6.07, 6.45) is 0. The van der Waals surface area contributed by atoms with E-state index >= 15 is 0 Å². The Balaban J connectivity index is 2.58. The number of benzene rings is 1. The van der Waals surface area contributed by atoms with E-state index in [0.717, 1.165) is 0 Å². The van der Waals surface area contributed by atoms with Crippen molar-refractivity contribution in [3.8, 4) is 5.75 Å². The third kappa shape index (κ3) is 4.60. The van der Waals surface area contributed by atoms with E-state index in [0.29, 0.717) is 16.5 Å². The van der Waals surface area contributed by atoms with Crippen LogP contribution in [0.25, 0.3) is 0 Å². The minimum atomic E-state index is -1.02. The molecule has 0 unspecified atom stereocenters. The number of anilines is 1. The Hall–Kier alpha value is -1.79. The molecule has 3 N–H and O–H groups in total. The van der Waals surface area contributed by atoms with E-state index in [2.05, 4.69) is 10.6 Å². The number of carboxylic acids is 1. The fraction of sp³-hybridized carbons (Fsp3) is 0.273. The van der Waals surface area contributed by atoms with Crippen molar-refractivity contribution in [1.82, 2.24) is 5.32 Å². The number of hydrogen-bond acceptors (Lipinski definition) is 4. The van der Waals surface area contributed by atoms with Gasteiger partial charge in [0.05, 0.1) is 25.9 Å². The highest BCUT2D eigenvalue weighted by Gasteiger charge is 2.08. The van der Waals surface area contributed by atoms with Crippen LogP contribution < -0.4 is 15.4 Å². The van der Waals surface area contributed by atoms with Gasteiger partial charge < -0.3 is 15.2 Å². The van der Waals surface area contributed by atoms with Crippen molar-refractivity contribution in [2.45, 2.75) is 0 Å². The average molecular weight is 273 g/mol. The van der Waals surface area contributed by atoms with Gasteiger partial charge in [-0.3, -0.25) is 14.9 Å². The molecule has 1 aromatic rings. The van der Waals surface area contributed by atoms with E-state index in [1.807, 2.05) is 0 Å². The Kier molecular flexibility index (Phi) is 5.41. The lowest BCUT2D eigenvalue weighted by Crippen LogP contribution is -2.31. The second kappa shape index (κ2) is 6.83. The van der Waals surface area contributed by atoms with Gasteiger partial charge in [0.1, 0.15) is 5.75 Å². The number of amides is 1. The van der Waals surface area contributed by atoms with Gasteiger partial charge in [0, 0.05) is 5.02 Å². The Morgan fingerprint density at radius 1 is 1.39 bits per heavy atom. The average Bonchev–Trinajstić information content (AvgIpc) is 2.28. The Bertz CT molecular complexity index is 451. The SMILES string of the molecule is COc1ccc(Cl)cc1NC(=O)CNCC(=O)O. The van der Waals surface area contributed by atoms with Gasteiger partial charge in [0.15, 0.2) is 0 Å². The van der Waals surface area contributed by atoms with Crippen LogP contribution in [-0.4, -0.2) is 37.2 Å². The van der Waals surface area contributed by atoms with Crippen LogP contribution >= 0.6 is 11.6 Å². The first-order chi connectivity index (χ1) is 8.52. The number of nitrogens with one attached hydrogen (secondary N) is 2. The van der Waals surface area contributed by atoms with E-state index < -0.39 is 5.97 Å². The van der Waals surface area contributed by atoms with E-state index in [-0.39, 0.29) is 19.0 Å². The molecule has 1 aromatic carbocycles. The molecule has 0 radical (unpaired) electrons. The molecule has 0 aliphatic heterocycles. The summed E-state index contributed by atoms with van der Waals surface area (Å²) in [5, 5.41) is 13.9. The van der Waals surface area contributed by atoms with Crippen molar-refractivity contribution >= 4 is 29.2 Å². The molecule has 18 heavy (non-hydrogen) atoms. The third-order valence-corrected chi connectivity index (χ3v) is 2.23. The number of carbonyl (C=O) groups excluding carboxylic acids is 1. The standard InChI is InChI=1S/C11H13ClN2O4/c1-18-9-3-2-7(12)4-8(9)14-10(15)5-13-6-11(16)17/h2-4,13H,5-6H2,1H3,(H,14,15)(H,16,17). The second-order valence-electron chi connectivity index (χ2n) is 3.39. The van der Waals surface area contributed by atoms with Gasteiger partial charge in [-0.15, -0.1) is 0 Å². The van der Waals surface area contributed by atoms with Crippen LogP contribution in [0.15, 0.2) is 18.2 Å². The molecule has 0 heterocycles. The van der Waals surface area contributed by atoms with E-state index in [1.165, 1.54) is 7.11 Å². The zero-order chi connectivity index (χ0) is 13.5. The molecular formula is C11H13ClN2O4. The molecule has 0 atom stereocenters. The summed E-state index contributed by atoms with van der Waals surface area (Å²) < 4.78 is 5.06. The smallest absolute Gasteiger partial charge is 0.317 e. The maximum absolute atomic E-state index is 11.5. The summed E-state index contributed by atoms with van der Waals surface area (Å²) >= 11 is 5.80. The van der Waals surface area contributed by atoms with Gasteiger partial charge in [-0.05, 0) is 18.2 Å². The number of hydrogen-bond donors (Lipinski definition) is 3. The van der Waals surface area contributed by atoms with Gasteiger partial charge in [0.25, 0.3) is 0 Å². The first-order valence-electron chi connectivity index (χ1n) is 5.09. The van der Waals surface area contributed by atoms with Crippen LogP contribution in [0.5, 0.6) is 5.75 Å². The maximum Gasteiger partial charge on any atom is 0.317 e. The summed E-state index contributed by atoms with van der Waals surface area (Å²) in [5.41, 5.74) is 0.437. The van der Waals surface area contributed by atoms with Gasteiger partial charge in [0.2, 0.25) is 5.91 Å². The highest BCUT2D eigenvalue weighted by atomic mass is 35.5. The molecule has 0 saturated heterocycles. The normalized spacial score (nSPS) is 9.89. The lowest BCUT2D eigenvalue weighted by atomic mass is 10.3. The molecule has 0 aromatic heterocycles. The Morgan fingerprint density at radius 2 is 2.11 bits per heavy atom. The molecule has 98 valence electrons. The zero-order valence-electron chi connectivity index (χ0n) is 9.70. The number of ether oxygens (including phenoxy) is 1. The van der Waals surface area contributed by atoms with Crippen LogP contribution in [0.4, 0.5) is 5.69 Å². The molecule has 0 bridgehead atoms. The molecule has 1 amide bonds. The maximum atomic E-state index is 11.5. The number of rotatable bonds is 6. The van der Waals surface area contributed by atoms with Crippen molar-refractivity contribution in [1.29, 1.82) is 0 Å². The van der Waals surface area contributed by atoms with Crippen molar-refractivity contribution < 1.29 is 19.4 Å². The zero-order valence-corrected chi connectivity index (χ0v) is 10.5. The fourth-order valence-electron chi connectivity index (χ4n) is 1.26. The monoisotopic (exact) mass is 272 g/mol. The highest BCUT2D eigenvalue weighted by molar-refractivity contribution is 6.31. The van der Waals surface area contributed by atoms with E-state index in [9.17, 15) is 9.59 Å². The molecule has 0 spiro atoms. The number of carboxylic acid groups (broad SMARTS) is 1. The summed E-state index contributed by atoms with van der Waals surface area (Å²) in [6.45, 7) is -0.387. The van der Waals surface area contributed by atoms with Gasteiger partial charge in [-0.2, -0.15) is 0 Å². The topological polar surface area (TPSA) is 87.7 Å². The van der Waals surface area contributed by atoms with Gasteiger partial charge in [-0.25, -0.2) is 0 Å². The molecule has 0 fully saturated rings. The summed E-state index contributed by atoms with van der Waals surface area (Å²) in [7, 11) is 1.47. The second-order valence-corrected chi connectivity index (χ2v) is 3.83. The van der Waals surface area contributed by atoms with E-state index in [1.54, 1.807) is 18.2 Å². The van der Waals surface area contributed by atoms with Crippen molar-refractivity contribution in [3.05, 3.63) is 23.2 Å². The number of carbonyl (C=O) groups is 2. The molecular weight excluding hydrogens is 260 g/mol. The fourth-order valence-corrected chi connectivity index (χ4v) is 1.43. The summed E-state index contributed by atoms with van der Waals surface area (Å²) in [4.78, 5) is 21.8. The third-order valence-electron chi connectivity index (χ3n) is 2.00. The first kappa shape index (κ1) is 14.3. The molecule has 1 rings (SSSR count). The number of methoxy groups -OCH3 is 1. The highest BCUT2D eigenvalue weighted by Crippen LogP contribution is 2.27. The predicted molar refractivity (Wildman–Crippen MR) is 67.1 cm³/mol. The molecule has 0 aliphatic carbocycles. The predicted octanol–water partition coefficient (Wildman–Crippen LogP) is 0.961. The molecule has 0 saturated carbocycles. The number of aliphatic carboxylic acids is 1. The summed E-state index contributed by atoms with van der Waals surface area (Å²) in [6, 6.07) is 4.82. The minimum absolute atomic E-state index is 0.109. The first-order valence-corrected chi connectivity index (χ1v) is 5.46. The van der Waals surface area contributed by atoms with Crippen molar-refractivity contribution in [2.75, 3.05) is 25.5 Å². The van der Waals surface area contributed by atoms with Crippen molar-refractivity contribution in [3.63, 3.8) is 0 Å². The van der Waals surface area contributed by atoms with E-state index in [4.69, 9.17) is 21.4 Å². The summed E-state index contributed by atoms with van der Waals surface area (Å²) in [5.74, 6) is -0.925. The van der Waals surface area contributed by atoms with Gasteiger partial charge >= 0.3 is 5.97 Å². The largest absolute Gasteiger partial charge is 0.495 e. The molecule has 0 aliphatic rings.